The summed E-state index contributed by atoms with van der Waals surface area (Å²) in [7, 11) is 3.91. The lowest BCUT2D eigenvalue weighted by atomic mass is 10.1. The largest absolute Gasteiger partial charge is 0.365 e. The minimum absolute atomic E-state index is 0.393. The van der Waals surface area contributed by atoms with Gasteiger partial charge in [-0.05, 0) is 25.6 Å². The number of anilines is 2. The van der Waals surface area contributed by atoms with Crippen LogP contribution in [-0.4, -0.2) is 55.5 Å². The predicted molar refractivity (Wildman–Crippen MR) is 120 cm³/mol. The third-order valence-corrected chi connectivity index (χ3v) is 5.69. The molecule has 0 radical (unpaired) electrons. The number of amides is 1. The second-order valence-electron chi connectivity index (χ2n) is 6.56. The van der Waals surface area contributed by atoms with E-state index >= 15 is 0 Å². The highest BCUT2D eigenvalue weighted by atomic mass is 35.5. The fourth-order valence-electron chi connectivity index (χ4n) is 2.91. The highest BCUT2D eigenvalue weighted by Gasteiger charge is 2.23. The number of likely N-dealkylation sites (N-methyl/N-ethyl adjacent to an activating group) is 2. The SMILES string of the molecule is CNCCN(C)C1=NCN(c2c(C)cccc2Cl)C(Nc2ncc(C(N)=O)s2)=C1. The van der Waals surface area contributed by atoms with Gasteiger partial charge in [-0.3, -0.25) is 4.79 Å². The molecule has 2 heterocycles. The second kappa shape index (κ2) is 9.25. The van der Waals surface area contributed by atoms with Gasteiger partial charge < -0.3 is 26.2 Å². The first-order chi connectivity index (χ1) is 13.9. The zero-order valence-electron chi connectivity index (χ0n) is 16.6. The Balaban J connectivity index is 1.95. The first-order valence-corrected chi connectivity index (χ1v) is 10.3. The number of benzene rings is 1. The fraction of sp³-hybridized carbons (Fsp3) is 0.316. The molecule has 4 N–H and O–H groups in total. The van der Waals surface area contributed by atoms with Crippen molar-refractivity contribution in [2.45, 2.75) is 6.92 Å². The van der Waals surface area contributed by atoms with Crippen molar-refractivity contribution < 1.29 is 4.79 Å². The lowest BCUT2D eigenvalue weighted by Gasteiger charge is -2.33. The highest BCUT2D eigenvalue weighted by molar-refractivity contribution is 7.17. The number of primary amides is 1. The molecule has 0 saturated carbocycles. The van der Waals surface area contributed by atoms with Crippen molar-refractivity contribution in [2.24, 2.45) is 10.7 Å². The van der Waals surface area contributed by atoms with Crippen LogP contribution in [0.1, 0.15) is 15.2 Å². The van der Waals surface area contributed by atoms with Gasteiger partial charge in [0.15, 0.2) is 5.13 Å². The third-order valence-electron chi connectivity index (χ3n) is 4.46. The lowest BCUT2D eigenvalue weighted by molar-refractivity contribution is 0.100. The van der Waals surface area contributed by atoms with Crippen molar-refractivity contribution in [3.63, 3.8) is 0 Å². The van der Waals surface area contributed by atoms with Crippen LogP contribution in [0.25, 0.3) is 0 Å². The summed E-state index contributed by atoms with van der Waals surface area (Å²) in [6.07, 6.45) is 3.42. The van der Waals surface area contributed by atoms with E-state index in [1.54, 1.807) is 0 Å². The van der Waals surface area contributed by atoms with Crippen LogP contribution in [0.5, 0.6) is 0 Å². The lowest BCUT2D eigenvalue weighted by Crippen LogP contribution is -2.38. The van der Waals surface area contributed by atoms with E-state index in [2.05, 4.69) is 20.5 Å². The Labute approximate surface area is 179 Å². The average molecular weight is 434 g/mol. The molecule has 1 aromatic carbocycles. The molecule has 1 aliphatic heterocycles. The van der Waals surface area contributed by atoms with Gasteiger partial charge in [-0.25, -0.2) is 9.98 Å². The second-order valence-corrected chi connectivity index (χ2v) is 8.00. The molecule has 29 heavy (non-hydrogen) atoms. The maximum absolute atomic E-state index is 11.4. The third kappa shape index (κ3) is 4.87. The zero-order chi connectivity index (χ0) is 21.0. The first-order valence-electron chi connectivity index (χ1n) is 9.08. The summed E-state index contributed by atoms with van der Waals surface area (Å²) in [4.78, 5) is 24.9. The molecule has 0 bridgehead atoms. The van der Waals surface area contributed by atoms with Crippen LogP contribution in [0.4, 0.5) is 10.8 Å². The van der Waals surface area contributed by atoms with Crippen molar-refractivity contribution in [2.75, 3.05) is 44.1 Å². The summed E-state index contributed by atoms with van der Waals surface area (Å²) < 4.78 is 0. The molecule has 1 aliphatic rings. The van der Waals surface area contributed by atoms with Gasteiger partial charge in [0.2, 0.25) is 0 Å². The van der Waals surface area contributed by atoms with E-state index in [4.69, 9.17) is 22.3 Å². The van der Waals surface area contributed by atoms with Gasteiger partial charge in [-0.15, -0.1) is 0 Å². The Morgan fingerprint density at radius 1 is 1.45 bits per heavy atom. The predicted octanol–water partition coefficient (Wildman–Crippen LogP) is 2.48. The van der Waals surface area contributed by atoms with E-state index in [1.807, 2.05) is 50.2 Å². The minimum atomic E-state index is -0.499. The maximum Gasteiger partial charge on any atom is 0.260 e. The van der Waals surface area contributed by atoms with Gasteiger partial charge in [-0.2, -0.15) is 0 Å². The molecule has 10 heteroatoms. The summed E-state index contributed by atoms with van der Waals surface area (Å²) in [5.41, 5.74) is 7.26. The number of nitrogens with zero attached hydrogens (tertiary/aromatic N) is 4. The van der Waals surface area contributed by atoms with Crippen molar-refractivity contribution in [3.8, 4) is 0 Å². The van der Waals surface area contributed by atoms with Crippen LogP contribution in [0.3, 0.4) is 0 Å². The van der Waals surface area contributed by atoms with Gasteiger partial charge >= 0.3 is 0 Å². The van der Waals surface area contributed by atoms with Crippen LogP contribution in [0, 0.1) is 6.92 Å². The number of aromatic nitrogens is 1. The molecule has 0 spiro atoms. The van der Waals surface area contributed by atoms with Crippen LogP contribution in [0.15, 0.2) is 41.3 Å². The number of amidine groups is 1. The summed E-state index contributed by atoms with van der Waals surface area (Å²) in [5, 5.41) is 7.65. The number of halogens is 1. The zero-order valence-corrected chi connectivity index (χ0v) is 18.1. The molecule has 0 aliphatic carbocycles. The van der Waals surface area contributed by atoms with Gasteiger partial charge in [0, 0.05) is 26.2 Å². The molecule has 154 valence electrons. The van der Waals surface area contributed by atoms with E-state index < -0.39 is 5.91 Å². The summed E-state index contributed by atoms with van der Waals surface area (Å²) in [6, 6.07) is 5.78. The maximum atomic E-state index is 11.4. The van der Waals surface area contributed by atoms with Gasteiger partial charge in [0.1, 0.15) is 23.2 Å². The van der Waals surface area contributed by atoms with E-state index in [1.165, 1.54) is 17.5 Å². The van der Waals surface area contributed by atoms with Crippen molar-refractivity contribution >= 4 is 45.5 Å². The molecule has 2 aromatic rings. The molecule has 8 nitrogen and oxygen atoms in total. The van der Waals surface area contributed by atoms with E-state index in [0.717, 1.165) is 36.0 Å². The summed E-state index contributed by atoms with van der Waals surface area (Å²) >= 11 is 7.71. The number of nitrogens with one attached hydrogen (secondary N) is 2. The first kappa shape index (κ1) is 21.1. The number of hydrogen-bond donors (Lipinski definition) is 3. The molecule has 1 amide bonds. The van der Waals surface area contributed by atoms with Crippen LogP contribution in [-0.2, 0) is 0 Å². The molecule has 1 aromatic heterocycles. The Hall–Kier alpha value is -2.62. The number of hydrogen-bond acceptors (Lipinski definition) is 8. The van der Waals surface area contributed by atoms with E-state index in [0.29, 0.717) is 21.7 Å². The Kier molecular flexibility index (Phi) is 6.73. The molecular weight excluding hydrogens is 410 g/mol. The molecule has 0 fully saturated rings. The molecule has 0 unspecified atom stereocenters. The number of aryl methyl sites for hydroxylation is 1. The minimum Gasteiger partial charge on any atom is -0.365 e. The molecule has 0 saturated heterocycles. The number of aliphatic imine (C=N–C) groups is 1. The molecular formula is C19H24ClN7OS. The van der Waals surface area contributed by atoms with E-state index in [9.17, 15) is 4.79 Å². The average Bonchev–Trinajstić information content (AvgIpc) is 3.16. The van der Waals surface area contributed by atoms with Gasteiger partial charge in [-0.1, -0.05) is 35.1 Å². The number of rotatable bonds is 7. The Bertz CT molecular complexity index is 936. The van der Waals surface area contributed by atoms with E-state index in [-0.39, 0.29) is 0 Å². The Morgan fingerprint density at radius 2 is 2.24 bits per heavy atom. The fourth-order valence-corrected chi connectivity index (χ4v) is 3.90. The smallest absolute Gasteiger partial charge is 0.260 e. The van der Waals surface area contributed by atoms with Crippen LogP contribution < -0.4 is 21.3 Å². The summed E-state index contributed by atoms with van der Waals surface area (Å²) in [6.45, 7) is 4.06. The van der Waals surface area contributed by atoms with Crippen LogP contribution >= 0.6 is 22.9 Å². The quantitative estimate of drug-likeness (QED) is 0.620. The Morgan fingerprint density at radius 3 is 2.90 bits per heavy atom. The van der Waals surface area contributed by atoms with Gasteiger partial charge in [0.05, 0.1) is 16.9 Å². The van der Waals surface area contributed by atoms with Crippen LogP contribution in [0.2, 0.25) is 5.02 Å². The number of para-hydroxylation sites is 1. The number of nitrogens with two attached hydrogens (primary N) is 1. The number of thiazole rings is 1. The highest BCUT2D eigenvalue weighted by Crippen LogP contribution is 2.34. The molecule has 0 atom stereocenters. The summed E-state index contributed by atoms with van der Waals surface area (Å²) in [5.74, 6) is 1.12. The van der Waals surface area contributed by atoms with Crippen molar-refractivity contribution in [1.82, 2.24) is 15.2 Å². The number of carbonyl (C=O) groups is 1. The standard InChI is InChI=1S/C19H24ClN7OS/c1-12-5-4-6-13(20)17(12)27-11-24-15(26(3)8-7-22-2)9-16(27)25-19-23-10-14(29-19)18(21)28/h4-6,9-10,22H,7-8,11H2,1-3H3,(H2,21,28)(H,23,25). The normalized spacial score (nSPS) is 13.7. The van der Waals surface area contributed by atoms with Crippen molar-refractivity contribution in [1.29, 1.82) is 0 Å². The van der Waals surface area contributed by atoms with Gasteiger partial charge in [0.25, 0.3) is 5.91 Å². The molecule has 3 rings (SSSR count). The monoisotopic (exact) mass is 433 g/mol. The van der Waals surface area contributed by atoms with Crippen molar-refractivity contribution in [3.05, 3.63) is 51.8 Å². The topological polar surface area (TPSA) is 98.9 Å². The number of carbonyl (C=O) groups excluding carboxylic acids is 1.